The molecule has 22 heavy (non-hydrogen) atoms. The summed E-state index contributed by atoms with van der Waals surface area (Å²) in [4.78, 5) is 20.1. The van der Waals surface area contributed by atoms with Crippen LogP contribution in [-0.4, -0.2) is 14.5 Å². The topological polar surface area (TPSA) is 71.8 Å². The van der Waals surface area contributed by atoms with Crippen molar-refractivity contribution in [3.05, 3.63) is 77.0 Å². The summed E-state index contributed by atoms with van der Waals surface area (Å²) in [6.45, 7) is 1.99. The number of nitrogens with zero attached hydrogens (tertiary/aromatic N) is 3. The molecule has 6 heteroatoms. The van der Waals surface area contributed by atoms with Gasteiger partial charge in [0.2, 0.25) is 5.95 Å². The Morgan fingerprint density at radius 3 is 2.36 bits per heavy atom. The van der Waals surface area contributed by atoms with Crippen molar-refractivity contribution in [3.63, 3.8) is 0 Å². The molecule has 0 amide bonds. The average molecular weight is 293 g/mol. The van der Waals surface area contributed by atoms with Crippen LogP contribution in [0.2, 0.25) is 0 Å². The molecule has 1 heterocycles. The highest BCUT2D eigenvalue weighted by atomic mass is 16.1. The molecule has 2 aromatic carbocycles. The zero-order valence-electron chi connectivity index (χ0n) is 12.0. The second-order valence-electron chi connectivity index (χ2n) is 4.78. The predicted molar refractivity (Wildman–Crippen MR) is 86.1 cm³/mol. The fraction of sp³-hybridized carbons (Fsp3) is 0.0625. The lowest BCUT2D eigenvalue weighted by Crippen LogP contribution is -2.24. The Kier molecular flexibility index (Phi) is 3.82. The minimum Gasteiger partial charge on any atom is -0.298 e. The first-order chi connectivity index (χ1) is 10.7. The van der Waals surface area contributed by atoms with Crippen LogP contribution in [0.5, 0.6) is 0 Å². The molecule has 0 fully saturated rings. The summed E-state index contributed by atoms with van der Waals surface area (Å²) in [6, 6.07) is 17.1. The van der Waals surface area contributed by atoms with Crippen molar-refractivity contribution >= 4 is 11.6 Å². The largest absolute Gasteiger partial charge is 0.356 e. The van der Waals surface area contributed by atoms with Crippen LogP contribution in [0.15, 0.2) is 65.7 Å². The molecule has 0 unspecified atom stereocenters. The van der Waals surface area contributed by atoms with E-state index in [2.05, 4.69) is 20.8 Å². The lowest BCUT2D eigenvalue weighted by Gasteiger charge is -2.09. The summed E-state index contributed by atoms with van der Waals surface area (Å²) in [6.07, 6.45) is 1.45. The third kappa shape index (κ3) is 3.12. The van der Waals surface area contributed by atoms with Gasteiger partial charge in [0.25, 0.3) is 0 Å². The molecular formula is C16H15N5O. The van der Waals surface area contributed by atoms with E-state index in [9.17, 15) is 4.79 Å². The second-order valence-corrected chi connectivity index (χ2v) is 4.78. The molecule has 2 N–H and O–H groups in total. The molecule has 0 aliphatic carbocycles. The van der Waals surface area contributed by atoms with Gasteiger partial charge in [-0.05, 0) is 31.2 Å². The zero-order valence-corrected chi connectivity index (χ0v) is 12.0. The lowest BCUT2D eigenvalue weighted by atomic mass is 10.2. The van der Waals surface area contributed by atoms with Crippen LogP contribution in [0.3, 0.4) is 0 Å². The summed E-state index contributed by atoms with van der Waals surface area (Å²) < 4.78 is 1.40. The van der Waals surface area contributed by atoms with Crippen LogP contribution in [0.1, 0.15) is 5.56 Å². The van der Waals surface area contributed by atoms with Gasteiger partial charge in [0.15, 0.2) is 0 Å². The Labute approximate surface area is 127 Å². The molecule has 0 saturated heterocycles. The van der Waals surface area contributed by atoms with Crippen LogP contribution in [-0.2, 0) is 0 Å². The van der Waals surface area contributed by atoms with E-state index in [-0.39, 0.29) is 5.95 Å². The van der Waals surface area contributed by atoms with Gasteiger partial charge in [-0.3, -0.25) is 15.4 Å². The highest BCUT2D eigenvalue weighted by Crippen LogP contribution is 2.07. The maximum atomic E-state index is 12.1. The fourth-order valence-corrected chi connectivity index (χ4v) is 1.93. The maximum absolute atomic E-state index is 12.1. The number of anilines is 2. The van der Waals surface area contributed by atoms with Crippen LogP contribution < -0.4 is 16.5 Å². The number of aromatic nitrogens is 3. The Bertz CT molecular complexity index is 812. The van der Waals surface area contributed by atoms with Gasteiger partial charge in [-0.15, -0.1) is 0 Å². The minimum atomic E-state index is -0.392. The number of rotatable bonds is 4. The smallest absolute Gasteiger partial charge is 0.298 e. The highest BCUT2D eigenvalue weighted by molar-refractivity contribution is 5.46. The summed E-state index contributed by atoms with van der Waals surface area (Å²) in [7, 11) is 0. The van der Waals surface area contributed by atoms with Crippen molar-refractivity contribution < 1.29 is 0 Å². The first kappa shape index (κ1) is 13.8. The van der Waals surface area contributed by atoms with Gasteiger partial charge in [0, 0.05) is 0 Å². The molecule has 3 rings (SSSR count). The lowest BCUT2D eigenvalue weighted by molar-refractivity contribution is 0.861. The fourth-order valence-electron chi connectivity index (χ4n) is 1.93. The zero-order chi connectivity index (χ0) is 15.4. The molecule has 0 aliphatic rings. The van der Waals surface area contributed by atoms with Gasteiger partial charge in [0.1, 0.15) is 6.33 Å². The number of benzene rings is 2. The molecule has 1 aromatic heterocycles. The van der Waals surface area contributed by atoms with Gasteiger partial charge in [0.05, 0.1) is 11.4 Å². The molecule has 0 bridgehead atoms. The predicted octanol–water partition coefficient (Wildman–Crippen LogP) is 2.37. The Morgan fingerprint density at radius 1 is 0.955 bits per heavy atom. The van der Waals surface area contributed by atoms with Crippen LogP contribution in [0, 0.1) is 6.92 Å². The van der Waals surface area contributed by atoms with E-state index in [0.717, 1.165) is 16.9 Å². The van der Waals surface area contributed by atoms with E-state index in [1.165, 1.54) is 10.9 Å². The summed E-state index contributed by atoms with van der Waals surface area (Å²) in [5, 5.41) is 0. The molecule has 0 atom stereocenters. The maximum Gasteiger partial charge on any atom is 0.356 e. The molecule has 0 spiro atoms. The molecule has 0 aliphatic heterocycles. The number of aryl methyl sites for hydroxylation is 1. The van der Waals surface area contributed by atoms with Crippen molar-refractivity contribution in [1.29, 1.82) is 0 Å². The number of para-hydroxylation sites is 1. The normalized spacial score (nSPS) is 10.2. The standard InChI is InChI=1S/C16H15N5O/c1-12-7-9-14(10-8-12)21-11-17-15(18-16(21)22)20-19-13-5-3-2-4-6-13/h2-11,19H,1H3,(H,18,20,22). The highest BCUT2D eigenvalue weighted by Gasteiger charge is 2.03. The Hall–Kier alpha value is -3.15. The average Bonchev–Trinajstić information content (AvgIpc) is 2.55. The number of hydrogen-bond donors (Lipinski definition) is 2. The third-order valence-electron chi connectivity index (χ3n) is 3.11. The van der Waals surface area contributed by atoms with Crippen molar-refractivity contribution in [2.75, 3.05) is 10.9 Å². The number of hydrazine groups is 1. The molecule has 0 saturated carbocycles. The van der Waals surface area contributed by atoms with Crippen LogP contribution in [0.25, 0.3) is 5.69 Å². The van der Waals surface area contributed by atoms with E-state index < -0.39 is 5.69 Å². The van der Waals surface area contributed by atoms with Crippen LogP contribution in [0.4, 0.5) is 11.6 Å². The van der Waals surface area contributed by atoms with Crippen molar-refractivity contribution in [3.8, 4) is 5.69 Å². The quantitative estimate of drug-likeness (QED) is 0.723. The summed E-state index contributed by atoms with van der Waals surface area (Å²) in [5.41, 5.74) is 8.06. The molecular weight excluding hydrogens is 278 g/mol. The van der Waals surface area contributed by atoms with Gasteiger partial charge < -0.3 is 0 Å². The SMILES string of the molecule is Cc1ccc(-n2cnc(NNc3ccccc3)nc2=O)cc1. The van der Waals surface area contributed by atoms with E-state index in [0.29, 0.717) is 0 Å². The first-order valence-electron chi connectivity index (χ1n) is 6.82. The van der Waals surface area contributed by atoms with E-state index in [1.807, 2.05) is 61.5 Å². The molecule has 3 aromatic rings. The van der Waals surface area contributed by atoms with Gasteiger partial charge in [-0.25, -0.2) is 9.78 Å². The van der Waals surface area contributed by atoms with Crippen molar-refractivity contribution in [1.82, 2.24) is 14.5 Å². The monoisotopic (exact) mass is 293 g/mol. The van der Waals surface area contributed by atoms with Crippen molar-refractivity contribution in [2.24, 2.45) is 0 Å². The van der Waals surface area contributed by atoms with Gasteiger partial charge >= 0.3 is 5.69 Å². The van der Waals surface area contributed by atoms with Gasteiger partial charge in [-0.2, -0.15) is 4.98 Å². The Morgan fingerprint density at radius 2 is 1.68 bits per heavy atom. The molecule has 6 nitrogen and oxygen atoms in total. The molecule has 0 radical (unpaired) electrons. The van der Waals surface area contributed by atoms with Crippen LogP contribution >= 0.6 is 0 Å². The van der Waals surface area contributed by atoms with Crippen molar-refractivity contribution in [2.45, 2.75) is 6.92 Å². The van der Waals surface area contributed by atoms with E-state index in [4.69, 9.17) is 0 Å². The second kappa shape index (κ2) is 6.09. The van der Waals surface area contributed by atoms with E-state index >= 15 is 0 Å². The molecule has 110 valence electrons. The van der Waals surface area contributed by atoms with E-state index in [1.54, 1.807) is 0 Å². The number of hydrogen-bond acceptors (Lipinski definition) is 5. The first-order valence-corrected chi connectivity index (χ1v) is 6.82. The minimum absolute atomic E-state index is 0.220. The summed E-state index contributed by atoms with van der Waals surface area (Å²) in [5.74, 6) is 0.220. The van der Waals surface area contributed by atoms with Gasteiger partial charge in [-0.1, -0.05) is 35.9 Å². The third-order valence-corrected chi connectivity index (χ3v) is 3.11. The number of nitrogens with one attached hydrogen (secondary N) is 2. The summed E-state index contributed by atoms with van der Waals surface area (Å²) >= 11 is 0. The Balaban J connectivity index is 1.77.